The number of Topliss-reactive ketones (excluding diaryl/α,β-unsaturated/α-hetero) is 1. The molecule has 0 bridgehead atoms. The van der Waals surface area contributed by atoms with Crippen molar-refractivity contribution in [1.82, 2.24) is 30.5 Å². The van der Waals surface area contributed by atoms with Gasteiger partial charge in [-0.05, 0) is 39.7 Å². The first-order valence-corrected chi connectivity index (χ1v) is 11.1. The van der Waals surface area contributed by atoms with Crippen LogP contribution in [-0.2, 0) is 20.9 Å². The predicted octanol–water partition coefficient (Wildman–Crippen LogP) is 0.0245. The fraction of sp³-hybridized carbons (Fsp3) is 0.571. The lowest BCUT2D eigenvalue weighted by molar-refractivity contribution is -0.147. The second kappa shape index (κ2) is 11.0. The van der Waals surface area contributed by atoms with E-state index in [1.54, 1.807) is 13.8 Å². The van der Waals surface area contributed by atoms with E-state index in [4.69, 9.17) is 0 Å². The quantitative estimate of drug-likeness (QED) is 0.344. The molecule has 13 nitrogen and oxygen atoms in total. The third-order valence-corrected chi connectivity index (χ3v) is 5.97. The number of ketones is 1. The number of hydrogen-bond acceptors (Lipinski definition) is 10. The van der Waals surface area contributed by atoms with Crippen molar-refractivity contribution >= 4 is 23.5 Å². The summed E-state index contributed by atoms with van der Waals surface area (Å²) < 4.78 is 5.84. The summed E-state index contributed by atoms with van der Waals surface area (Å²) in [5.41, 5.74) is 0.519. The minimum atomic E-state index is -1.23. The molecule has 2 aromatic rings. The number of aryl methyl sites for hydroxylation is 1. The van der Waals surface area contributed by atoms with Crippen molar-refractivity contribution in [2.75, 3.05) is 11.9 Å². The largest absolute Gasteiger partial charge is 0.481 e. The first-order valence-electron chi connectivity index (χ1n) is 11.1. The molecule has 1 aliphatic rings. The number of carbonyl (C=O) groups excluding carboxylic acids is 2. The average Bonchev–Trinajstić information content (AvgIpc) is 3.46. The second-order valence-electron chi connectivity index (χ2n) is 8.23. The monoisotopic (exact) mass is 475 g/mol. The van der Waals surface area contributed by atoms with Gasteiger partial charge in [0.05, 0.1) is 12.5 Å². The SMILES string of the molecule is CC[C@@H](C(=O)N[C@H](C(C)=O)C(C(=O)O)C1CCCN1)n1ccnc(NCc2nonc2C)c1=O. The zero-order valence-electron chi connectivity index (χ0n) is 19.3. The highest BCUT2D eigenvalue weighted by atomic mass is 16.6. The molecule has 1 amide bonds. The average molecular weight is 476 g/mol. The molecule has 0 aromatic carbocycles. The number of nitrogens with zero attached hydrogens (tertiary/aromatic N) is 4. The number of amides is 1. The second-order valence-corrected chi connectivity index (χ2v) is 8.23. The van der Waals surface area contributed by atoms with Gasteiger partial charge in [0.25, 0.3) is 5.56 Å². The summed E-state index contributed by atoms with van der Waals surface area (Å²) in [5, 5.41) is 25.8. The zero-order valence-corrected chi connectivity index (χ0v) is 19.3. The standard InChI is InChI=1S/C21H29N7O6/c1-4-15(19(30)25-17(12(3)29)16(21(32)33)13-6-5-7-22-13)28-9-8-23-18(20(28)31)24-10-14-11(2)26-34-27-14/h8-9,13,15-17,22H,4-7,10H2,1-3H3,(H,23,24)(H,25,30)(H,32,33)/t13?,15-,16?,17+/m0/s1. The van der Waals surface area contributed by atoms with Crippen LogP contribution in [0.25, 0.3) is 0 Å². The molecule has 3 rings (SSSR count). The van der Waals surface area contributed by atoms with Gasteiger partial charge in [0, 0.05) is 18.4 Å². The Morgan fingerprint density at radius 2 is 2.12 bits per heavy atom. The Morgan fingerprint density at radius 3 is 2.68 bits per heavy atom. The van der Waals surface area contributed by atoms with E-state index in [0.717, 1.165) is 6.42 Å². The molecule has 2 unspecified atom stereocenters. The van der Waals surface area contributed by atoms with Crippen molar-refractivity contribution in [1.29, 1.82) is 0 Å². The fourth-order valence-corrected chi connectivity index (χ4v) is 4.14. The van der Waals surface area contributed by atoms with E-state index in [1.165, 1.54) is 23.9 Å². The maximum absolute atomic E-state index is 13.2. The van der Waals surface area contributed by atoms with Crippen LogP contribution < -0.4 is 21.5 Å². The van der Waals surface area contributed by atoms with E-state index in [-0.39, 0.29) is 18.8 Å². The predicted molar refractivity (Wildman–Crippen MR) is 119 cm³/mol. The Hall–Kier alpha value is -3.61. The Kier molecular flexibility index (Phi) is 8.10. The molecule has 3 heterocycles. The number of rotatable bonds is 11. The van der Waals surface area contributed by atoms with Crippen LogP contribution in [0, 0.1) is 12.8 Å². The Bertz CT molecular complexity index is 1090. The van der Waals surface area contributed by atoms with Crippen LogP contribution in [-0.4, -0.2) is 61.3 Å². The summed E-state index contributed by atoms with van der Waals surface area (Å²) in [4.78, 5) is 54.6. The smallest absolute Gasteiger partial charge is 0.310 e. The van der Waals surface area contributed by atoms with Crippen LogP contribution in [0.5, 0.6) is 0 Å². The van der Waals surface area contributed by atoms with E-state index >= 15 is 0 Å². The lowest BCUT2D eigenvalue weighted by atomic mass is 9.88. The van der Waals surface area contributed by atoms with Crippen LogP contribution in [0.1, 0.15) is 50.5 Å². The molecule has 0 spiro atoms. The number of nitrogens with one attached hydrogen (secondary N) is 3. The molecule has 0 aliphatic carbocycles. The highest BCUT2D eigenvalue weighted by Crippen LogP contribution is 2.21. The van der Waals surface area contributed by atoms with E-state index in [2.05, 4.69) is 35.9 Å². The van der Waals surface area contributed by atoms with Gasteiger partial charge in [-0.25, -0.2) is 9.61 Å². The first-order chi connectivity index (χ1) is 16.2. The van der Waals surface area contributed by atoms with Crippen molar-refractivity contribution in [2.24, 2.45) is 5.92 Å². The number of carboxylic acids is 1. The van der Waals surface area contributed by atoms with E-state index < -0.39 is 47.3 Å². The van der Waals surface area contributed by atoms with Gasteiger partial charge < -0.3 is 21.1 Å². The maximum atomic E-state index is 13.2. The van der Waals surface area contributed by atoms with E-state index in [9.17, 15) is 24.3 Å². The van der Waals surface area contributed by atoms with Crippen molar-refractivity contribution in [3.63, 3.8) is 0 Å². The Morgan fingerprint density at radius 1 is 1.35 bits per heavy atom. The molecule has 0 saturated carbocycles. The molecule has 4 atom stereocenters. The summed E-state index contributed by atoms with van der Waals surface area (Å²) >= 11 is 0. The number of aromatic nitrogens is 4. The first kappa shape index (κ1) is 25.0. The van der Waals surface area contributed by atoms with Gasteiger partial charge in [0.15, 0.2) is 11.6 Å². The van der Waals surface area contributed by atoms with Gasteiger partial charge in [-0.3, -0.25) is 23.7 Å². The zero-order chi connectivity index (χ0) is 24.8. The lowest BCUT2D eigenvalue weighted by Crippen LogP contribution is -2.55. The number of carbonyl (C=O) groups is 3. The molecule has 0 radical (unpaired) electrons. The fourth-order valence-electron chi connectivity index (χ4n) is 4.14. The molecule has 1 saturated heterocycles. The molecule has 184 valence electrons. The van der Waals surface area contributed by atoms with E-state index in [1.807, 2.05) is 0 Å². The molecule has 1 aliphatic heterocycles. The number of hydrogen-bond donors (Lipinski definition) is 4. The molecular formula is C21H29N7O6. The normalized spacial score (nSPS) is 18.1. The summed E-state index contributed by atoms with van der Waals surface area (Å²) in [6.07, 6.45) is 4.36. The number of anilines is 1. The van der Waals surface area contributed by atoms with Gasteiger partial charge in [-0.1, -0.05) is 17.2 Å². The van der Waals surface area contributed by atoms with Crippen LogP contribution >= 0.6 is 0 Å². The van der Waals surface area contributed by atoms with Crippen LogP contribution in [0.2, 0.25) is 0 Å². The van der Waals surface area contributed by atoms with Gasteiger partial charge in [0.2, 0.25) is 5.91 Å². The molecule has 4 N–H and O–H groups in total. The van der Waals surface area contributed by atoms with Gasteiger partial charge in [-0.2, -0.15) is 0 Å². The van der Waals surface area contributed by atoms with Crippen molar-refractivity contribution in [3.05, 3.63) is 34.1 Å². The van der Waals surface area contributed by atoms with Gasteiger partial charge in [0.1, 0.15) is 23.5 Å². The summed E-state index contributed by atoms with van der Waals surface area (Å²) in [7, 11) is 0. The van der Waals surface area contributed by atoms with Crippen LogP contribution in [0.4, 0.5) is 5.82 Å². The van der Waals surface area contributed by atoms with Crippen molar-refractivity contribution < 1.29 is 24.1 Å². The molecule has 2 aromatic heterocycles. The third-order valence-electron chi connectivity index (χ3n) is 5.97. The molecule has 34 heavy (non-hydrogen) atoms. The summed E-state index contributed by atoms with van der Waals surface area (Å²) in [6, 6.07) is -2.63. The Balaban J connectivity index is 1.81. The lowest BCUT2D eigenvalue weighted by Gasteiger charge is -2.29. The third kappa shape index (κ3) is 5.47. The maximum Gasteiger partial charge on any atom is 0.310 e. The van der Waals surface area contributed by atoms with Crippen LogP contribution in [0.3, 0.4) is 0 Å². The number of aliphatic carboxylic acids is 1. The topological polar surface area (TPSA) is 181 Å². The summed E-state index contributed by atoms with van der Waals surface area (Å²) in [6.45, 7) is 5.46. The summed E-state index contributed by atoms with van der Waals surface area (Å²) in [5.74, 6) is -3.38. The minimum Gasteiger partial charge on any atom is -0.481 e. The number of carboxylic acid groups (broad SMARTS) is 1. The van der Waals surface area contributed by atoms with Crippen LogP contribution in [0.15, 0.2) is 21.8 Å². The van der Waals surface area contributed by atoms with E-state index in [0.29, 0.717) is 24.4 Å². The van der Waals surface area contributed by atoms with Crippen molar-refractivity contribution in [2.45, 2.75) is 64.7 Å². The Labute approximate surface area is 195 Å². The van der Waals surface area contributed by atoms with Gasteiger partial charge in [-0.15, -0.1) is 0 Å². The molecule has 1 fully saturated rings. The highest BCUT2D eigenvalue weighted by molar-refractivity contribution is 5.93. The van der Waals surface area contributed by atoms with Gasteiger partial charge >= 0.3 is 5.97 Å². The highest BCUT2D eigenvalue weighted by Gasteiger charge is 2.41. The minimum absolute atomic E-state index is 0.00200. The molecular weight excluding hydrogens is 446 g/mol. The van der Waals surface area contributed by atoms with Crippen molar-refractivity contribution in [3.8, 4) is 0 Å². The molecule has 13 heteroatoms.